The Morgan fingerprint density at radius 2 is 1.69 bits per heavy atom. The Morgan fingerprint density at radius 1 is 1.15 bits per heavy atom. The summed E-state index contributed by atoms with van der Waals surface area (Å²) in [4.78, 5) is 0. The van der Waals surface area contributed by atoms with Crippen LogP contribution in [0.25, 0.3) is 0 Å². The molecule has 0 aliphatic rings. The molecule has 0 radical (unpaired) electrons. The molecule has 0 fully saturated rings. The van der Waals surface area contributed by atoms with Crippen molar-refractivity contribution >= 4 is 6.21 Å². The highest BCUT2D eigenvalue weighted by Gasteiger charge is 2.28. The molecule has 0 rings (SSSR count). The molecule has 0 amide bonds. The fourth-order valence-corrected chi connectivity index (χ4v) is 0.714. The van der Waals surface area contributed by atoms with E-state index in [0.29, 0.717) is 0 Å². The zero-order valence-electron chi connectivity index (χ0n) is 6.85. The first-order valence-electron chi connectivity index (χ1n) is 3.61. The molecule has 0 saturated carbocycles. The number of rotatable bonds is 5. The van der Waals surface area contributed by atoms with Crippen LogP contribution in [0.2, 0.25) is 0 Å². The SMILES string of the molecule is NN=CC(O)C(O)C(O)C(O)CO. The fraction of sp³-hybridized carbons (Fsp3) is 0.833. The number of aliphatic hydroxyl groups is 5. The molecule has 7 N–H and O–H groups in total. The highest BCUT2D eigenvalue weighted by molar-refractivity contribution is 5.63. The molecule has 4 atom stereocenters. The van der Waals surface area contributed by atoms with Crippen LogP contribution in [0.1, 0.15) is 0 Å². The summed E-state index contributed by atoms with van der Waals surface area (Å²) in [5.74, 6) is 4.68. The second-order valence-electron chi connectivity index (χ2n) is 2.52. The van der Waals surface area contributed by atoms with E-state index in [-0.39, 0.29) is 0 Å². The van der Waals surface area contributed by atoms with Crippen LogP contribution in [0.15, 0.2) is 5.10 Å². The highest BCUT2D eigenvalue weighted by Crippen LogP contribution is 2.03. The number of nitrogens with two attached hydrogens (primary N) is 1. The van der Waals surface area contributed by atoms with E-state index < -0.39 is 31.0 Å². The molecule has 0 saturated heterocycles. The van der Waals surface area contributed by atoms with Crippen LogP contribution in [0.5, 0.6) is 0 Å². The molecule has 4 unspecified atom stereocenters. The lowest BCUT2D eigenvalue weighted by atomic mass is 10.0. The van der Waals surface area contributed by atoms with E-state index in [1.54, 1.807) is 0 Å². The number of hydrazone groups is 1. The normalized spacial score (nSPS) is 21.3. The molecular formula is C6H14N2O5. The molecule has 0 heterocycles. The van der Waals surface area contributed by atoms with Crippen LogP contribution in [0.4, 0.5) is 0 Å². The third-order valence-corrected chi connectivity index (χ3v) is 1.52. The fourth-order valence-electron chi connectivity index (χ4n) is 0.714. The molecule has 0 aromatic carbocycles. The molecule has 78 valence electrons. The number of hydrogen-bond donors (Lipinski definition) is 6. The summed E-state index contributed by atoms with van der Waals surface area (Å²) in [5, 5.41) is 47.4. The van der Waals surface area contributed by atoms with Gasteiger partial charge in [0.1, 0.15) is 24.4 Å². The monoisotopic (exact) mass is 194 g/mol. The van der Waals surface area contributed by atoms with Crippen LogP contribution in [-0.2, 0) is 0 Å². The topological polar surface area (TPSA) is 140 Å². The Hall–Kier alpha value is -0.730. The van der Waals surface area contributed by atoms with Gasteiger partial charge in [0.2, 0.25) is 0 Å². The molecular weight excluding hydrogens is 180 g/mol. The molecule has 0 aromatic rings. The summed E-state index contributed by atoms with van der Waals surface area (Å²) in [6.07, 6.45) is -5.50. The molecule has 0 aliphatic carbocycles. The van der Waals surface area contributed by atoms with E-state index in [9.17, 15) is 0 Å². The van der Waals surface area contributed by atoms with E-state index in [1.807, 2.05) is 0 Å². The van der Waals surface area contributed by atoms with Crippen molar-refractivity contribution in [3.8, 4) is 0 Å². The van der Waals surface area contributed by atoms with Gasteiger partial charge in [-0.1, -0.05) is 0 Å². The van der Waals surface area contributed by atoms with E-state index >= 15 is 0 Å². The minimum absolute atomic E-state index is 0.718. The predicted molar refractivity (Wildman–Crippen MR) is 43.8 cm³/mol. The Kier molecular flexibility index (Phi) is 5.51. The van der Waals surface area contributed by atoms with Crippen LogP contribution in [-0.4, -0.2) is 62.8 Å². The van der Waals surface area contributed by atoms with Gasteiger partial charge in [-0.2, -0.15) is 5.10 Å². The van der Waals surface area contributed by atoms with Crippen molar-refractivity contribution < 1.29 is 25.5 Å². The zero-order chi connectivity index (χ0) is 10.4. The lowest BCUT2D eigenvalue weighted by Crippen LogP contribution is -2.46. The van der Waals surface area contributed by atoms with Crippen molar-refractivity contribution in [2.75, 3.05) is 6.61 Å². The molecule has 0 bridgehead atoms. The van der Waals surface area contributed by atoms with Crippen molar-refractivity contribution in [1.82, 2.24) is 0 Å². The lowest BCUT2D eigenvalue weighted by molar-refractivity contribution is -0.0999. The quantitative estimate of drug-likeness (QED) is 0.152. The zero-order valence-corrected chi connectivity index (χ0v) is 6.85. The lowest BCUT2D eigenvalue weighted by Gasteiger charge is -2.23. The highest BCUT2D eigenvalue weighted by atomic mass is 16.4. The predicted octanol–water partition coefficient (Wildman–Crippen LogP) is -3.63. The van der Waals surface area contributed by atoms with Crippen LogP contribution < -0.4 is 5.84 Å². The second kappa shape index (κ2) is 5.84. The van der Waals surface area contributed by atoms with Gasteiger partial charge in [-0.25, -0.2) is 0 Å². The van der Waals surface area contributed by atoms with Gasteiger partial charge < -0.3 is 31.4 Å². The van der Waals surface area contributed by atoms with Crippen LogP contribution in [0, 0.1) is 0 Å². The maximum Gasteiger partial charge on any atom is 0.119 e. The number of nitrogens with zero attached hydrogens (tertiary/aromatic N) is 1. The summed E-state index contributed by atoms with van der Waals surface area (Å²) in [7, 11) is 0. The van der Waals surface area contributed by atoms with Gasteiger partial charge in [-0.3, -0.25) is 0 Å². The van der Waals surface area contributed by atoms with Crippen molar-refractivity contribution in [2.45, 2.75) is 24.4 Å². The van der Waals surface area contributed by atoms with Gasteiger partial charge in [0.05, 0.1) is 12.8 Å². The Morgan fingerprint density at radius 3 is 2.08 bits per heavy atom. The Labute approximate surface area is 74.7 Å². The van der Waals surface area contributed by atoms with Gasteiger partial charge in [-0.15, -0.1) is 0 Å². The summed E-state index contributed by atoms with van der Waals surface area (Å²) in [5.41, 5.74) is 0. The van der Waals surface area contributed by atoms with Crippen molar-refractivity contribution in [3.63, 3.8) is 0 Å². The van der Waals surface area contributed by atoms with E-state index in [2.05, 4.69) is 10.9 Å². The molecule has 0 aliphatic heterocycles. The molecule has 13 heavy (non-hydrogen) atoms. The van der Waals surface area contributed by atoms with Gasteiger partial charge in [0.15, 0.2) is 0 Å². The summed E-state index contributed by atoms with van der Waals surface area (Å²) in [6.45, 7) is -0.718. The molecule has 7 nitrogen and oxygen atoms in total. The first-order chi connectivity index (χ1) is 6.04. The second-order valence-corrected chi connectivity index (χ2v) is 2.52. The van der Waals surface area contributed by atoms with Gasteiger partial charge in [-0.05, 0) is 0 Å². The average Bonchev–Trinajstić information content (AvgIpc) is 2.14. The van der Waals surface area contributed by atoms with Gasteiger partial charge >= 0.3 is 0 Å². The van der Waals surface area contributed by atoms with Crippen LogP contribution >= 0.6 is 0 Å². The van der Waals surface area contributed by atoms with Crippen LogP contribution in [0.3, 0.4) is 0 Å². The van der Waals surface area contributed by atoms with Crippen molar-refractivity contribution in [1.29, 1.82) is 0 Å². The first-order valence-corrected chi connectivity index (χ1v) is 3.61. The van der Waals surface area contributed by atoms with Crippen molar-refractivity contribution in [3.05, 3.63) is 0 Å². The molecule has 0 aromatic heterocycles. The number of aliphatic hydroxyl groups excluding tert-OH is 5. The summed E-state index contributed by atoms with van der Waals surface area (Å²) < 4.78 is 0. The third-order valence-electron chi connectivity index (χ3n) is 1.52. The van der Waals surface area contributed by atoms with Gasteiger partial charge in [0, 0.05) is 0 Å². The van der Waals surface area contributed by atoms with Crippen molar-refractivity contribution in [2.24, 2.45) is 10.9 Å². The third kappa shape index (κ3) is 3.66. The summed E-state index contributed by atoms with van der Waals surface area (Å²) in [6, 6.07) is 0. The maximum absolute atomic E-state index is 9.10. The summed E-state index contributed by atoms with van der Waals surface area (Å²) >= 11 is 0. The smallest absolute Gasteiger partial charge is 0.119 e. The average molecular weight is 194 g/mol. The minimum Gasteiger partial charge on any atom is -0.394 e. The molecule has 7 heteroatoms. The Balaban J connectivity index is 4.15. The first kappa shape index (κ1) is 12.3. The van der Waals surface area contributed by atoms with E-state index in [0.717, 1.165) is 6.21 Å². The van der Waals surface area contributed by atoms with Gasteiger partial charge in [0.25, 0.3) is 0 Å². The standard InChI is InChI=1S/C6H14N2O5/c7-8-1-3(10)5(12)6(13)4(11)2-9/h1,3-6,9-13H,2,7H2. The van der Waals surface area contributed by atoms with E-state index in [1.165, 1.54) is 0 Å². The largest absolute Gasteiger partial charge is 0.394 e. The van der Waals surface area contributed by atoms with E-state index in [4.69, 9.17) is 25.5 Å². The Bertz CT molecular complexity index is 165. The maximum atomic E-state index is 9.10. The number of hydrogen-bond acceptors (Lipinski definition) is 7. The minimum atomic E-state index is -1.65. The molecule has 0 spiro atoms.